The molecule has 0 unspecified atom stereocenters. The molecule has 0 aliphatic carbocycles. The standard InChI is InChI=1S/C19H22N4O5/c1-18(2,3)28-17(26)22-8-6-19(7-9-22)15(24)21-16(25)23(19)12-4-5-14-13(10-12)20-11-27-14/h4-5,10-11H,6-9H2,1-3H3,(H,21,24,25). The van der Waals surface area contributed by atoms with Crippen LogP contribution >= 0.6 is 0 Å². The van der Waals surface area contributed by atoms with Crippen molar-refractivity contribution in [3.8, 4) is 0 Å². The Kier molecular flexibility index (Phi) is 4.06. The maximum atomic E-state index is 12.7. The van der Waals surface area contributed by atoms with Gasteiger partial charge >= 0.3 is 12.1 Å². The Morgan fingerprint density at radius 3 is 2.64 bits per heavy atom. The van der Waals surface area contributed by atoms with Crippen molar-refractivity contribution in [2.24, 2.45) is 0 Å². The van der Waals surface area contributed by atoms with Crippen molar-refractivity contribution >= 4 is 34.8 Å². The molecular weight excluding hydrogens is 364 g/mol. The molecule has 2 fully saturated rings. The van der Waals surface area contributed by atoms with Gasteiger partial charge in [0.25, 0.3) is 5.91 Å². The third-order valence-electron chi connectivity index (χ3n) is 5.09. The van der Waals surface area contributed by atoms with Gasteiger partial charge < -0.3 is 14.1 Å². The summed E-state index contributed by atoms with van der Waals surface area (Å²) in [6.07, 6.45) is 1.56. The molecule has 2 aromatic rings. The van der Waals surface area contributed by atoms with Crippen LogP contribution in [-0.2, 0) is 9.53 Å². The SMILES string of the molecule is CC(C)(C)OC(=O)N1CCC2(CC1)C(=O)NC(=O)N2c1ccc2ocnc2c1. The predicted molar refractivity (Wildman–Crippen MR) is 99.8 cm³/mol. The molecule has 2 aliphatic rings. The lowest BCUT2D eigenvalue weighted by Crippen LogP contribution is -2.58. The highest BCUT2D eigenvalue weighted by Crippen LogP contribution is 2.38. The van der Waals surface area contributed by atoms with Gasteiger partial charge in [-0.1, -0.05) is 0 Å². The average molecular weight is 386 g/mol. The number of rotatable bonds is 1. The Morgan fingerprint density at radius 2 is 1.96 bits per heavy atom. The van der Waals surface area contributed by atoms with Crippen molar-refractivity contribution in [2.75, 3.05) is 18.0 Å². The summed E-state index contributed by atoms with van der Waals surface area (Å²) in [6.45, 7) is 6.06. The van der Waals surface area contributed by atoms with Gasteiger partial charge in [0.1, 0.15) is 16.7 Å². The van der Waals surface area contributed by atoms with Crippen molar-refractivity contribution < 1.29 is 23.5 Å². The number of anilines is 1. The molecule has 1 aromatic heterocycles. The zero-order valence-corrected chi connectivity index (χ0v) is 16.0. The van der Waals surface area contributed by atoms with Crippen LogP contribution in [0.2, 0.25) is 0 Å². The summed E-state index contributed by atoms with van der Waals surface area (Å²) in [5.41, 5.74) is 0.142. The van der Waals surface area contributed by atoms with Gasteiger partial charge in [0.2, 0.25) is 0 Å². The van der Waals surface area contributed by atoms with Gasteiger partial charge in [0, 0.05) is 18.8 Å². The summed E-state index contributed by atoms with van der Waals surface area (Å²) in [4.78, 5) is 44.8. The number of oxazole rings is 1. The molecule has 9 heteroatoms. The molecule has 0 bridgehead atoms. The fraction of sp³-hybridized carbons (Fsp3) is 0.474. The van der Waals surface area contributed by atoms with Crippen molar-refractivity contribution in [2.45, 2.75) is 44.8 Å². The fourth-order valence-electron chi connectivity index (χ4n) is 3.75. The quantitative estimate of drug-likeness (QED) is 0.756. The first-order valence-corrected chi connectivity index (χ1v) is 9.16. The number of carbonyl (C=O) groups excluding carboxylic acids is 3. The molecule has 3 heterocycles. The number of ether oxygens (including phenoxy) is 1. The Bertz CT molecular complexity index is 953. The van der Waals surface area contributed by atoms with Crippen LogP contribution in [0.4, 0.5) is 15.3 Å². The molecule has 2 saturated heterocycles. The minimum atomic E-state index is -1.03. The lowest BCUT2D eigenvalue weighted by atomic mass is 9.85. The normalized spacial score (nSPS) is 19.4. The highest BCUT2D eigenvalue weighted by atomic mass is 16.6. The molecule has 1 aromatic carbocycles. The fourth-order valence-corrected chi connectivity index (χ4v) is 3.75. The number of nitrogens with one attached hydrogen (secondary N) is 1. The molecule has 0 saturated carbocycles. The molecule has 1 N–H and O–H groups in total. The summed E-state index contributed by atoms with van der Waals surface area (Å²) in [6, 6.07) is 4.70. The van der Waals surface area contributed by atoms with E-state index in [0.29, 0.717) is 42.7 Å². The van der Waals surface area contributed by atoms with Gasteiger partial charge in [-0.05, 0) is 51.8 Å². The van der Waals surface area contributed by atoms with E-state index < -0.39 is 23.3 Å². The van der Waals surface area contributed by atoms with Gasteiger partial charge in [-0.15, -0.1) is 0 Å². The molecule has 4 amide bonds. The van der Waals surface area contributed by atoms with Crippen molar-refractivity contribution in [1.82, 2.24) is 15.2 Å². The third kappa shape index (κ3) is 2.96. The van der Waals surface area contributed by atoms with E-state index in [1.165, 1.54) is 11.3 Å². The van der Waals surface area contributed by atoms with E-state index in [0.717, 1.165) is 0 Å². The Hall–Kier alpha value is -3.10. The number of aromatic nitrogens is 1. The van der Waals surface area contributed by atoms with Crippen LogP contribution in [0, 0.1) is 0 Å². The number of nitrogens with zero attached hydrogens (tertiary/aromatic N) is 3. The van der Waals surface area contributed by atoms with Crippen LogP contribution in [0.1, 0.15) is 33.6 Å². The molecule has 0 radical (unpaired) electrons. The lowest BCUT2D eigenvalue weighted by Gasteiger charge is -2.42. The van der Waals surface area contributed by atoms with Crippen molar-refractivity contribution in [3.63, 3.8) is 0 Å². The summed E-state index contributed by atoms with van der Waals surface area (Å²) >= 11 is 0. The summed E-state index contributed by atoms with van der Waals surface area (Å²) in [7, 11) is 0. The second-order valence-corrected chi connectivity index (χ2v) is 8.10. The number of likely N-dealkylation sites (tertiary alicyclic amines) is 1. The minimum Gasteiger partial charge on any atom is -0.444 e. The first-order valence-electron chi connectivity index (χ1n) is 9.16. The Morgan fingerprint density at radius 1 is 1.25 bits per heavy atom. The van der Waals surface area contributed by atoms with E-state index in [1.807, 2.05) is 0 Å². The van der Waals surface area contributed by atoms with Gasteiger partial charge in [0.05, 0.1) is 0 Å². The van der Waals surface area contributed by atoms with Crippen LogP contribution in [0.15, 0.2) is 29.0 Å². The number of amides is 4. The van der Waals surface area contributed by atoms with Gasteiger partial charge in [-0.25, -0.2) is 14.6 Å². The van der Waals surface area contributed by atoms with Gasteiger partial charge in [-0.2, -0.15) is 0 Å². The first-order chi connectivity index (χ1) is 13.2. The van der Waals surface area contributed by atoms with E-state index in [1.54, 1.807) is 43.9 Å². The van der Waals surface area contributed by atoms with Crippen LogP contribution in [-0.4, -0.2) is 52.1 Å². The average Bonchev–Trinajstić information content (AvgIpc) is 3.16. The highest BCUT2D eigenvalue weighted by Gasteiger charge is 2.55. The van der Waals surface area contributed by atoms with E-state index in [4.69, 9.17) is 9.15 Å². The van der Waals surface area contributed by atoms with Gasteiger partial charge in [-0.3, -0.25) is 15.0 Å². The first kappa shape index (κ1) is 18.3. The van der Waals surface area contributed by atoms with E-state index in [9.17, 15) is 14.4 Å². The molecule has 0 atom stereocenters. The molecule has 4 rings (SSSR count). The molecule has 28 heavy (non-hydrogen) atoms. The number of carbonyl (C=O) groups is 3. The van der Waals surface area contributed by atoms with Crippen LogP contribution in [0.25, 0.3) is 11.1 Å². The van der Waals surface area contributed by atoms with Crippen molar-refractivity contribution in [3.05, 3.63) is 24.6 Å². The number of hydrogen-bond donors (Lipinski definition) is 1. The van der Waals surface area contributed by atoms with Crippen molar-refractivity contribution in [1.29, 1.82) is 0 Å². The maximum Gasteiger partial charge on any atom is 0.410 e. The van der Waals surface area contributed by atoms with E-state index >= 15 is 0 Å². The Balaban J connectivity index is 1.59. The highest BCUT2D eigenvalue weighted by molar-refractivity contribution is 6.17. The summed E-state index contributed by atoms with van der Waals surface area (Å²) in [5.74, 6) is -0.346. The number of imide groups is 1. The van der Waals surface area contributed by atoms with E-state index in [2.05, 4.69) is 10.3 Å². The predicted octanol–water partition coefficient (Wildman–Crippen LogP) is 2.65. The van der Waals surface area contributed by atoms with Crippen LogP contribution in [0.5, 0.6) is 0 Å². The Labute approximate surface area is 161 Å². The summed E-state index contributed by atoms with van der Waals surface area (Å²) in [5, 5.41) is 2.42. The lowest BCUT2D eigenvalue weighted by molar-refractivity contribution is -0.124. The molecule has 9 nitrogen and oxygen atoms in total. The van der Waals surface area contributed by atoms with Crippen LogP contribution < -0.4 is 10.2 Å². The number of fused-ring (bicyclic) bond motifs is 1. The van der Waals surface area contributed by atoms with E-state index in [-0.39, 0.29) is 5.91 Å². The third-order valence-corrected chi connectivity index (χ3v) is 5.09. The number of piperidine rings is 1. The zero-order valence-electron chi connectivity index (χ0n) is 16.0. The topological polar surface area (TPSA) is 105 Å². The molecule has 2 aliphatic heterocycles. The number of hydrogen-bond acceptors (Lipinski definition) is 6. The minimum absolute atomic E-state index is 0.318. The van der Waals surface area contributed by atoms with Gasteiger partial charge in [0.15, 0.2) is 12.0 Å². The maximum absolute atomic E-state index is 12.7. The molecule has 148 valence electrons. The largest absolute Gasteiger partial charge is 0.444 e. The second kappa shape index (κ2) is 6.22. The number of urea groups is 1. The number of benzene rings is 1. The second-order valence-electron chi connectivity index (χ2n) is 8.10. The zero-order chi connectivity index (χ0) is 20.1. The molecule has 1 spiro atoms. The van der Waals surface area contributed by atoms with Crippen LogP contribution in [0.3, 0.4) is 0 Å². The smallest absolute Gasteiger partial charge is 0.410 e. The summed E-state index contributed by atoms with van der Waals surface area (Å²) < 4.78 is 10.7. The molecular formula is C19H22N4O5. The monoisotopic (exact) mass is 386 g/mol.